The minimum Gasteiger partial charge on any atom is -0.364 e. The van der Waals surface area contributed by atoms with Crippen LogP contribution in [-0.2, 0) is 19.3 Å². The van der Waals surface area contributed by atoms with Gasteiger partial charge in [-0.2, -0.15) is 23.1 Å². The molecule has 0 unspecified atom stereocenters. The Morgan fingerprint density at radius 3 is 2.36 bits per heavy atom. The van der Waals surface area contributed by atoms with Gasteiger partial charge >= 0.3 is 6.18 Å². The smallest absolute Gasteiger partial charge is 0.364 e. The average molecular weight is 459 g/mol. The second kappa shape index (κ2) is 10.6. The monoisotopic (exact) mass is 459 g/mol. The highest BCUT2D eigenvalue weighted by molar-refractivity contribution is 5.83. The van der Waals surface area contributed by atoms with Crippen LogP contribution in [0.4, 0.5) is 30.6 Å². The number of H-pyrrole nitrogens is 1. The summed E-state index contributed by atoms with van der Waals surface area (Å²) in [4.78, 5) is 15.8. The lowest BCUT2D eigenvalue weighted by Gasteiger charge is -2.11. The number of hydrogen-bond donors (Lipinski definition) is 5. The molecule has 2 aromatic heterocycles. The summed E-state index contributed by atoms with van der Waals surface area (Å²) in [5.41, 5.74) is 4.36. The predicted octanol–water partition coefficient (Wildman–Crippen LogP) is 5.42. The topological polar surface area (TPSA) is 111 Å². The van der Waals surface area contributed by atoms with E-state index in [9.17, 15) is 13.2 Å². The number of hydrogen-bond acceptors (Lipinski definition) is 7. The van der Waals surface area contributed by atoms with Crippen molar-refractivity contribution in [3.63, 3.8) is 0 Å². The third kappa shape index (κ3) is 6.10. The van der Waals surface area contributed by atoms with E-state index in [1.807, 2.05) is 26.0 Å². The normalized spacial score (nSPS) is 11.0. The summed E-state index contributed by atoms with van der Waals surface area (Å²) in [6.45, 7) is 4.57. The molecule has 33 heavy (non-hydrogen) atoms. The first-order chi connectivity index (χ1) is 15.9. The first kappa shape index (κ1) is 23.8. The van der Waals surface area contributed by atoms with Gasteiger partial charge in [-0.3, -0.25) is 10.7 Å². The molecule has 4 rings (SSSR count). The van der Waals surface area contributed by atoms with Gasteiger partial charge in [0, 0.05) is 13.1 Å². The van der Waals surface area contributed by atoms with Gasteiger partial charge in [-0.1, -0.05) is 38.1 Å². The Labute approximate surface area is 188 Å². The number of benzene rings is 2. The molecule has 0 atom stereocenters. The Morgan fingerprint density at radius 2 is 1.67 bits per heavy atom. The molecule has 0 aliphatic rings. The lowest BCUT2D eigenvalue weighted by atomic mass is 10.1. The summed E-state index contributed by atoms with van der Waals surface area (Å²) >= 11 is 0. The van der Waals surface area contributed by atoms with Crippen molar-refractivity contribution in [2.24, 2.45) is 0 Å². The lowest BCUT2D eigenvalue weighted by Crippen LogP contribution is -2.09. The fraction of sp³-hybridized carbons (Fsp3) is 0.227. The quantitative estimate of drug-likeness (QED) is 0.235. The molecule has 0 spiro atoms. The fourth-order valence-electron chi connectivity index (χ4n) is 2.96. The van der Waals surface area contributed by atoms with Crippen LogP contribution in [0.25, 0.3) is 11.2 Å². The number of fused-ring (bicyclic) bond motifs is 1. The van der Waals surface area contributed by atoms with Crippen LogP contribution in [0, 0.1) is 0 Å². The van der Waals surface area contributed by atoms with Crippen LogP contribution < -0.4 is 16.1 Å². The maximum Gasteiger partial charge on any atom is 0.416 e. The number of nitrogens with zero attached hydrogens (tertiary/aromatic N) is 3. The summed E-state index contributed by atoms with van der Waals surface area (Å²) in [6.07, 6.45) is -2.91. The number of rotatable bonds is 7. The summed E-state index contributed by atoms with van der Waals surface area (Å²) in [7, 11) is 0. The Kier molecular flexibility index (Phi) is 7.67. The zero-order valence-corrected chi connectivity index (χ0v) is 18.0. The van der Waals surface area contributed by atoms with E-state index in [1.54, 1.807) is 18.2 Å². The molecule has 0 aliphatic heterocycles. The van der Waals surface area contributed by atoms with Crippen molar-refractivity contribution in [3.8, 4) is 0 Å². The van der Waals surface area contributed by atoms with E-state index in [4.69, 9.17) is 5.21 Å². The second-order valence-corrected chi connectivity index (χ2v) is 6.71. The third-order valence-corrected chi connectivity index (χ3v) is 4.53. The molecule has 8 nitrogen and oxygen atoms in total. The van der Waals surface area contributed by atoms with Crippen LogP contribution in [-0.4, -0.2) is 25.1 Å². The van der Waals surface area contributed by atoms with Gasteiger partial charge in [0.1, 0.15) is 5.52 Å². The Bertz CT molecular complexity index is 1180. The number of alkyl halides is 3. The molecule has 0 aliphatic carbocycles. The third-order valence-electron chi connectivity index (χ3n) is 4.53. The summed E-state index contributed by atoms with van der Waals surface area (Å²) < 4.78 is 38.7. The highest BCUT2D eigenvalue weighted by atomic mass is 19.4. The van der Waals surface area contributed by atoms with Crippen molar-refractivity contribution in [2.45, 2.75) is 33.1 Å². The number of aromatic nitrogens is 4. The zero-order valence-electron chi connectivity index (χ0n) is 18.0. The van der Waals surface area contributed by atoms with E-state index in [0.29, 0.717) is 34.8 Å². The van der Waals surface area contributed by atoms with E-state index < -0.39 is 11.7 Å². The Balaban J connectivity index is 0.00000149. The minimum atomic E-state index is -4.40. The predicted molar refractivity (Wildman–Crippen MR) is 121 cm³/mol. The van der Waals surface area contributed by atoms with Gasteiger partial charge in [0.2, 0.25) is 5.95 Å². The van der Waals surface area contributed by atoms with Crippen LogP contribution in [0.15, 0.2) is 54.9 Å². The van der Waals surface area contributed by atoms with Crippen LogP contribution in [0.3, 0.4) is 0 Å². The van der Waals surface area contributed by atoms with Gasteiger partial charge in [0.25, 0.3) is 0 Å². The minimum absolute atomic E-state index is 0.120. The number of aromatic amines is 1. The fourth-order valence-corrected chi connectivity index (χ4v) is 2.96. The maximum atomic E-state index is 12.9. The molecule has 0 saturated carbocycles. The van der Waals surface area contributed by atoms with E-state index >= 15 is 0 Å². The summed E-state index contributed by atoms with van der Waals surface area (Å²) in [6, 6.07) is 12.2. The van der Waals surface area contributed by atoms with Gasteiger partial charge in [0.15, 0.2) is 11.5 Å². The van der Waals surface area contributed by atoms with E-state index in [2.05, 4.69) is 36.0 Å². The molecule has 0 fully saturated rings. The second-order valence-electron chi connectivity index (χ2n) is 6.71. The van der Waals surface area contributed by atoms with Crippen molar-refractivity contribution < 1.29 is 18.4 Å². The van der Waals surface area contributed by atoms with Gasteiger partial charge < -0.3 is 15.6 Å². The number of anilines is 3. The van der Waals surface area contributed by atoms with Crippen molar-refractivity contribution in [1.29, 1.82) is 0 Å². The first-order valence-electron chi connectivity index (χ1n) is 10.3. The molecule has 0 amide bonds. The standard InChI is InChI=1S/C20H18F3N7O.C2H6/c21-20(22,23)14-3-1-2-13(8-14)10-25-19-28-17(16-18(29-19)27-11-26-16)24-9-12-4-6-15(30-31)7-5-12;1-2/h1-8,11,30-31H,9-10H2,(H3,24,25,26,27,28,29);1-2H3. The van der Waals surface area contributed by atoms with E-state index in [0.717, 1.165) is 17.7 Å². The van der Waals surface area contributed by atoms with Crippen LogP contribution in [0.1, 0.15) is 30.5 Å². The van der Waals surface area contributed by atoms with Crippen LogP contribution >= 0.6 is 0 Å². The van der Waals surface area contributed by atoms with E-state index in [-0.39, 0.29) is 12.5 Å². The highest BCUT2D eigenvalue weighted by Crippen LogP contribution is 2.29. The molecule has 5 N–H and O–H groups in total. The molecular formula is C22H24F3N7O. The van der Waals surface area contributed by atoms with Gasteiger partial charge in [-0.05, 0) is 35.4 Å². The number of halogens is 3. The van der Waals surface area contributed by atoms with Gasteiger partial charge in [-0.25, -0.2) is 4.98 Å². The van der Waals surface area contributed by atoms with Gasteiger partial charge in [0.05, 0.1) is 17.6 Å². The molecule has 2 heterocycles. The van der Waals surface area contributed by atoms with Crippen LogP contribution in [0.5, 0.6) is 0 Å². The Morgan fingerprint density at radius 1 is 0.939 bits per heavy atom. The van der Waals surface area contributed by atoms with E-state index in [1.165, 1.54) is 12.4 Å². The number of nitrogens with one attached hydrogen (secondary N) is 4. The SMILES string of the molecule is CC.ONc1ccc(CNc2nc(NCc3cccc(C(F)(F)F)c3)nc3nc[nH]c23)cc1. The van der Waals surface area contributed by atoms with Crippen molar-refractivity contribution in [1.82, 2.24) is 19.9 Å². The molecular weight excluding hydrogens is 435 g/mol. The average Bonchev–Trinajstić information content (AvgIpc) is 3.31. The van der Waals surface area contributed by atoms with Crippen LogP contribution in [0.2, 0.25) is 0 Å². The van der Waals surface area contributed by atoms with Crippen molar-refractivity contribution in [3.05, 3.63) is 71.5 Å². The molecule has 4 aromatic rings. The molecule has 0 radical (unpaired) electrons. The number of imidazole rings is 1. The molecule has 2 aromatic carbocycles. The first-order valence-corrected chi connectivity index (χ1v) is 10.3. The summed E-state index contributed by atoms with van der Waals surface area (Å²) in [5.74, 6) is 0.734. The zero-order chi connectivity index (χ0) is 23.8. The summed E-state index contributed by atoms with van der Waals surface area (Å²) in [5, 5.41) is 15.0. The largest absolute Gasteiger partial charge is 0.416 e. The highest BCUT2D eigenvalue weighted by Gasteiger charge is 2.30. The molecule has 174 valence electrons. The Hall–Kier alpha value is -3.86. The van der Waals surface area contributed by atoms with Crippen molar-refractivity contribution >= 4 is 28.6 Å². The molecule has 11 heteroatoms. The molecule has 0 bridgehead atoms. The van der Waals surface area contributed by atoms with Crippen molar-refractivity contribution in [2.75, 3.05) is 16.1 Å². The molecule has 0 saturated heterocycles. The lowest BCUT2D eigenvalue weighted by molar-refractivity contribution is -0.137. The maximum absolute atomic E-state index is 12.9. The van der Waals surface area contributed by atoms with Gasteiger partial charge in [-0.15, -0.1) is 0 Å².